The summed E-state index contributed by atoms with van der Waals surface area (Å²) in [6.45, 7) is 6.91. The number of urea groups is 1. The van der Waals surface area contributed by atoms with Crippen molar-refractivity contribution in [2.45, 2.75) is 45.6 Å². The van der Waals surface area contributed by atoms with Crippen molar-refractivity contribution in [1.82, 2.24) is 9.88 Å². The van der Waals surface area contributed by atoms with Gasteiger partial charge in [0.25, 0.3) is 0 Å². The van der Waals surface area contributed by atoms with E-state index in [1.54, 1.807) is 6.20 Å². The molecule has 27 heavy (non-hydrogen) atoms. The van der Waals surface area contributed by atoms with E-state index in [2.05, 4.69) is 22.1 Å². The third-order valence-corrected chi connectivity index (χ3v) is 5.65. The summed E-state index contributed by atoms with van der Waals surface area (Å²) in [5, 5.41) is 3.12. The molecule has 2 aliphatic heterocycles. The number of carbonyl (C=O) groups is 1. The van der Waals surface area contributed by atoms with Crippen molar-refractivity contribution in [3.63, 3.8) is 0 Å². The van der Waals surface area contributed by atoms with Crippen LogP contribution in [0.15, 0.2) is 34.9 Å². The summed E-state index contributed by atoms with van der Waals surface area (Å²) in [6.07, 6.45) is 6.07. The molecule has 1 N–H and O–H groups in total. The van der Waals surface area contributed by atoms with Gasteiger partial charge in [-0.3, -0.25) is 0 Å². The summed E-state index contributed by atoms with van der Waals surface area (Å²) in [4.78, 5) is 21.9. The number of furan rings is 1. The maximum Gasteiger partial charge on any atom is 0.322 e. The lowest BCUT2D eigenvalue weighted by Crippen LogP contribution is -2.43. The average Bonchev–Trinajstić information content (AvgIpc) is 3.34. The van der Waals surface area contributed by atoms with Crippen LogP contribution >= 0.6 is 0 Å². The topological polar surface area (TPSA) is 61.6 Å². The van der Waals surface area contributed by atoms with Gasteiger partial charge in [0.05, 0.1) is 11.7 Å². The minimum atomic E-state index is -0.0746. The van der Waals surface area contributed by atoms with Gasteiger partial charge in [0.1, 0.15) is 11.5 Å². The average molecular weight is 368 g/mol. The number of nitrogens with one attached hydrogen (secondary N) is 1. The molecule has 0 aliphatic carbocycles. The van der Waals surface area contributed by atoms with Crippen LogP contribution in [0.1, 0.15) is 50.2 Å². The molecular formula is C21H28N4O2. The van der Waals surface area contributed by atoms with Gasteiger partial charge in [0, 0.05) is 25.8 Å². The first-order chi connectivity index (χ1) is 13.1. The molecule has 0 aromatic carbocycles. The molecule has 6 nitrogen and oxygen atoms in total. The predicted octanol–water partition coefficient (Wildman–Crippen LogP) is 4.59. The Hall–Kier alpha value is -2.50. The zero-order chi connectivity index (χ0) is 18.8. The molecular weight excluding hydrogens is 340 g/mol. The normalized spacial score (nSPS) is 22.9. The van der Waals surface area contributed by atoms with E-state index >= 15 is 0 Å². The van der Waals surface area contributed by atoms with Crippen LogP contribution in [0.25, 0.3) is 0 Å². The van der Waals surface area contributed by atoms with Crippen LogP contribution in [-0.2, 0) is 0 Å². The second kappa shape index (κ2) is 7.62. The fourth-order valence-corrected chi connectivity index (χ4v) is 4.15. The molecule has 2 atom stereocenters. The predicted molar refractivity (Wildman–Crippen MR) is 106 cm³/mol. The minimum absolute atomic E-state index is 0.0191. The highest BCUT2D eigenvalue weighted by molar-refractivity contribution is 5.92. The molecule has 0 saturated carbocycles. The number of hydrogen-bond donors (Lipinski definition) is 1. The standard InChI is InChI=1S/C21H28N4O2/c1-15-9-13-25(18(14-15)19-8-7-16(2)27-19)21(26)23-17-6-5-10-22-20(17)24-11-3-4-12-24/h5-8,10,15,18H,3-4,9,11-14H2,1-2H3,(H,23,26). The van der Waals surface area contributed by atoms with E-state index in [-0.39, 0.29) is 12.1 Å². The molecule has 0 bridgehead atoms. The highest BCUT2D eigenvalue weighted by atomic mass is 16.3. The first kappa shape index (κ1) is 17.9. The quantitative estimate of drug-likeness (QED) is 0.861. The molecule has 0 spiro atoms. The van der Waals surface area contributed by atoms with Crippen LogP contribution in [0.2, 0.25) is 0 Å². The molecule has 0 radical (unpaired) electrons. The van der Waals surface area contributed by atoms with Crippen molar-refractivity contribution in [3.05, 3.63) is 42.0 Å². The van der Waals surface area contributed by atoms with Gasteiger partial charge in [-0.25, -0.2) is 9.78 Å². The largest absolute Gasteiger partial charge is 0.464 e. The highest BCUT2D eigenvalue weighted by Crippen LogP contribution is 2.36. The summed E-state index contributed by atoms with van der Waals surface area (Å²) >= 11 is 0. The van der Waals surface area contributed by atoms with E-state index in [9.17, 15) is 4.79 Å². The zero-order valence-electron chi connectivity index (χ0n) is 16.1. The summed E-state index contributed by atoms with van der Waals surface area (Å²) in [7, 11) is 0. The number of pyridine rings is 1. The van der Waals surface area contributed by atoms with Crippen molar-refractivity contribution in [2.24, 2.45) is 5.92 Å². The SMILES string of the molecule is Cc1ccc(C2CC(C)CCN2C(=O)Nc2cccnc2N2CCCC2)o1. The van der Waals surface area contributed by atoms with Crippen molar-refractivity contribution in [2.75, 3.05) is 29.9 Å². The minimum Gasteiger partial charge on any atom is -0.464 e. The molecule has 6 heteroatoms. The van der Waals surface area contributed by atoms with E-state index in [1.807, 2.05) is 36.1 Å². The lowest BCUT2D eigenvalue weighted by Gasteiger charge is -2.37. The van der Waals surface area contributed by atoms with Gasteiger partial charge in [0.15, 0.2) is 5.82 Å². The molecule has 2 aromatic rings. The first-order valence-corrected chi connectivity index (χ1v) is 9.96. The van der Waals surface area contributed by atoms with Crippen molar-refractivity contribution >= 4 is 17.5 Å². The van der Waals surface area contributed by atoms with Crippen molar-refractivity contribution < 1.29 is 9.21 Å². The second-order valence-corrected chi connectivity index (χ2v) is 7.79. The summed E-state index contributed by atoms with van der Waals surface area (Å²) in [5.74, 6) is 3.20. The third kappa shape index (κ3) is 3.80. The Bertz CT molecular complexity index is 797. The molecule has 2 aromatic heterocycles. The summed E-state index contributed by atoms with van der Waals surface area (Å²) in [5.41, 5.74) is 0.789. The molecule has 2 fully saturated rings. The molecule has 144 valence electrons. The number of hydrogen-bond acceptors (Lipinski definition) is 4. The number of aryl methyl sites for hydroxylation is 1. The van der Waals surface area contributed by atoms with E-state index in [4.69, 9.17) is 4.42 Å². The van der Waals surface area contributed by atoms with Gasteiger partial charge in [-0.15, -0.1) is 0 Å². The number of anilines is 2. The lowest BCUT2D eigenvalue weighted by molar-refractivity contribution is 0.128. The van der Waals surface area contributed by atoms with E-state index in [0.717, 1.165) is 55.5 Å². The van der Waals surface area contributed by atoms with Crippen molar-refractivity contribution in [1.29, 1.82) is 0 Å². The molecule has 2 saturated heterocycles. The number of piperidine rings is 1. The zero-order valence-corrected chi connectivity index (χ0v) is 16.1. The fourth-order valence-electron chi connectivity index (χ4n) is 4.15. The number of nitrogens with zero attached hydrogens (tertiary/aromatic N) is 3. The number of aromatic nitrogens is 1. The highest BCUT2D eigenvalue weighted by Gasteiger charge is 2.33. The van der Waals surface area contributed by atoms with Crippen molar-refractivity contribution in [3.8, 4) is 0 Å². The number of amides is 2. The Labute approximate surface area is 160 Å². The van der Waals surface area contributed by atoms with E-state index in [1.165, 1.54) is 12.8 Å². The van der Waals surface area contributed by atoms with Crippen LogP contribution in [0, 0.1) is 12.8 Å². The molecule has 4 heterocycles. The second-order valence-electron chi connectivity index (χ2n) is 7.79. The molecule has 2 aliphatic rings. The van der Waals surface area contributed by atoms with Gasteiger partial charge < -0.3 is 19.5 Å². The van der Waals surface area contributed by atoms with E-state index in [0.29, 0.717) is 5.92 Å². The van der Waals surface area contributed by atoms with Gasteiger partial charge in [0.2, 0.25) is 0 Å². The molecule has 2 unspecified atom stereocenters. The molecule has 4 rings (SSSR count). The maximum absolute atomic E-state index is 13.2. The first-order valence-electron chi connectivity index (χ1n) is 9.96. The lowest BCUT2D eigenvalue weighted by atomic mass is 9.91. The van der Waals surface area contributed by atoms with Gasteiger partial charge >= 0.3 is 6.03 Å². The Morgan fingerprint density at radius 2 is 2.04 bits per heavy atom. The fraction of sp³-hybridized carbons (Fsp3) is 0.524. The monoisotopic (exact) mass is 368 g/mol. The Balaban J connectivity index is 1.55. The number of carbonyl (C=O) groups excluding carboxylic acids is 1. The van der Waals surface area contributed by atoms with Crippen LogP contribution in [-0.4, -0.2) is 35.5 Å². The van der Waals surface area contributed by atoms with Crippen LogP contribution < -0.4 is 10.2 Å². The van der Waals surface area contributed by atoms with Crippen LogP contribution in [0.4, 0.5) is 16.3 Å². The Morgan fingerprint density at radius 1 is 1.22 bits per heavy atom. The van der Waals surface area contributed by atoms with E-state index < -0.39 is 0 Å². The van der Waals surface area contributed by atoms with Crippen LogP contribution in [0.5, 0.6) is 0 Å². The molecule has 2 amide bonds. The summed E-state index contributed by atoms with van der Waals surface area (Å²) in [6, 6.07) is 7.69. The number of rotatable bonds is 3. The van der Waals surface area contributed by atoms with Gasteiger partial charge in [-0.2, -0.15) is 0 Å². The van der Waals surface area contributed by atoms with Gasteiger partial charge in [-0.05, 0) is 62.8 Å². The third-order valence-electron chi connectivity index (χ3n) is 5.65. The summed E-state index contributed by atoms with van der Waals surface area (Å²) < 4.78 is 5.86. The van der Waals surface area contributed by atoms with Crippen LogP contribution in [0.3, 0.4) is 0 Å². The Morgan fingerprint density at radius 3 is 2.78 bits per heavy atom. The number of likely N-dealkylation sites (tertiary alicyclic amines) is 1. The van der Waals surface area contributed by atoms with Gasteiger partial charge in [-0.1, -0.05) is 6.92 Å². The smallest absolute Gasteiger partial charge is 0.322 e. The Kier molecular flexibility index (Phi) is 5.05. The maximum atomic E-state index is 13.2.